The molecule has 0 heterocycles. The van der Waals surface area contributed by atoms with Crippen LogP contribution in [0.5, 0.6) is 0 Å². The standard InChI is InChI=1S/C8H17N3/c1-4-8(5-2)11(6-3)10-7-9/h4,7H,5-6H2,1-3H3,(H2,9,10)/b8-4-. The first-order chi connectivity index (χ1) is 5.29. The van der Waals surface area contributed by atoms with Gasteiger partial charge in [0.15, 0.2) is 0 Å². The van der Waals surface area contributed by atoms with E-state index in [0.717, 1.165) is 13.0 Å². The van der Waals surface area contributed by atoms with E-state index < -0.39 is 0 Å². The smallest absolute Gasteiger partial charge is 0.106 e. The highest BCUT2D eigenvalue weighted by atomic mass is 15.5. The summed E-state index contributed by atoms with van der Waals surface area (Å²) in [4.78, 5) is 0. The number of allylic oxidation sites excluding steroid dienone is 2. The molecule has 0 aliphatic carbocycles. The van der Waals surface area contributed by atoms with Gasteiger partial charge in [-0.1, -0.05) is 13.0 Å². The highest BCUT2D eigenvalue weighted by Gasteiger charge is 2.00. The van der Waals surface area contributed by atoms with Crippen molar-refractivity contribution in [3.8, 4) is 0 Å². The van der Waals surface area contributed by atoms with Crippen molar-refractivity contribution in [2.45, 2.75) is 27.2 Å². The third-order valence-electron chi connectivity index (χ3n) is 1.53. The second-order valence-electron chi connectivity index (χ2n) is 2.11. The molecule has 11 heavy (non-hydrogen) atoms. The van der Waals surface area contributed by atoms with Crippen molar-refractivity contribution in [1.29, 1.82) is 0 Å². The first kappa shape index (κ1) is 10.0. The van der Waals surface area contributed by atoms with E-state index in [4.69, 9.17) is 5.73 Å². The predicted octanol–water partition coefficient (Wildman–Crippen LogP) is 1.52. The van der Waals surface area contributed by atoms with Gasteiger partial charge in [-0.3, -0.25) is 5.01 Å². The van der Waals surface area contributed by atoms with Crippen LogP contribution >= 0.6 is 0 Å². The van der Waals surface area contributed by atoms with E-state index in [0.29, 0.717) is 0 Å². The van der Waals surface area contributed by atoms with Gasteiger partial charge in [0.25, 0.3) is 0 Å². The lowest BCUT2D eigenvalue weighted by atomic mass is 10.3. The highest BCUT2D eigenvalue weighted by molar-refractivity contribution is 5.50. The summed E-state index contributed by atoms with van der Waals surface area (Å²) in [6.45, 7) is 7.02. The van der Waals surface area contributed by atoms with E-state index in [2.05, 4.69) is 18.1 Å². The second-order valence-corrected chi connectivity index (χ2v) is 2.11. The number of nitrogens with two attached hydrogens (primary N) is 1. The molecule has 0 saturated heterocycles. The maximum atomic E-state index is 5.19. The molecule has 3 nitrogen and oxygen atoms in total. The average Bonchev–Trinajstić information content (AvgIpc) is 2.05. The van der Waals surface area contributed by atoms with Gasteiger partial charge in [0.2, 0.25) is 0 Å². The molecule has 0 radical (unpaired) electrons. The molecule has 0 aliphatic rings. The topological polar surface area (TPSA) is 41.6 Å². The van der Waals surface area contributed by atoms with Crippen molar-refractivity contribution >= 4 is 6.34 Å². The molecule has 2 N–H and O–H groups in total. The fraction of sp³-hybridized carbons (Fsp3) is 0.625. The van der Waals surface area contributed by atoms with Gasteiger partial charge in [0.05, 0.1) is 0 Å². The summed E-state index contributed by atoms with van der Waals surface area (Å²) in [5, 5.41) is 5.89. The summed E-state index contributed by atoms with van der Waals surface area (Å²) >= 11 is 0. The molecule has 0 aliphatic heterocycles. The molecule has 0 aromatic carbocycles. The fourth-order valence-electron chi connectivity index (χ4n) is 0.975. The first-order valence-corrected chi connectivity index (χ1v) is 3.97. The van der Waals surface area contributed by atoms with Gasteiger partial charge in [-0.05, 0) is 20.3 Å². The van der Waals surface area contributed by atoms with Crippen molar-refractivity contribution in [2.75, 3.05) is 6.54 Å². The van der Waals surface area contributed by atoms with E-state index in [1.807, 2.05) is 18.9 Å². The Kier molecular flexibility index (Phi) is 5.25. The average molecular weight is 155 g/mol. The molecule has 0 aromatic heterocycles. The van der Waals surface area contributed by atoms with Crippen LogP contribution in [-0.4, -0.2) is 17.9 Å². The van der Waals surface area contributed by atoms with Gasteiger partial charge in [0.1, 0.15) is 6.34 Å². The molecule has 0 aromatic rings. The minimum Gasteiger partial charge on any atom is -0.388 e. The van der Waals surface area contributed by atoms with E-state index in [1.54, 1.807) is 0 Å². The highest BCUT2D eigenvalue weighted by Crippen LogP contribution is 2.07. The van der Waals surface area contributed by atoms with E-state index in [9.17, 15) is 0 Å². The maximum absolute atomic E-state index is 5.19. The lowest BCUT2D eigenvalue weighted by Crippen LogP contribution is -2.17. The Morgan fingerprint density at radius 1 is 1.55 bits per heavy atom. The zero-order valence-corrected chi connectivity index (χ0v) is 7.54. The Hall–Kier alpha value is -0.990. The van der Waals surface area contributed by atoms with Crippen molar-refractivity contribution < 1.29 is 0 Å². The second kappa shape index (κ2) is 5.77. The van der Waals surface area contributed by atoms with Gasteiger partial charge < -0.3 is 5.73 Å². The Labute approximate surface area is 68.6 Å². The summed E-state index contributed by atoms with van der Waals surface area (Å²) in [6.07, 6.45) is 4.36. The van der Waals surface area contributed by atoms with Gasteiger partial charge in [-0.25, -0.2) is 0 Å². The normalized spacial score (nSPS) is 12.5. The van der Waals surface area contributed by atoms with E-state index in [1.165, 1.54) is 12.0 Å². The van der Waals surface area contributed by atoms with Gasteiger partial charge in [0, 0.05) is 12.2 Å². The van der Waals surface area contributed by atoms with Crippen LogP contribution in [0.2, 0.25) is 0 Å². The number of hydrogen-bond acceptors (Lipinski definition) is 2. The molecule has 0 bridgehead atoms. The first-order valence-electron chi connectivity index (χ1n) is 3.97. The Balaban J connectivity index is 4.22. The number of nitrogens with zero attached hydrogens (tertiary/aromatic N) is 2. The van der Waals surface area contributed by atoms with Crippen LogP contribution in [0.1, 0.15) is 27.2 Å². The molecule has 0 atom stereocenters. The van der Waals surface area contributed by atoms with Crippen LogP contribution in [0.25, 0.3) is 0 Å². The molecule has 64 valence electrons. The molecule has 3 heteroatoms. The minimum absolute atomic E-state index is 0.862. The van der Waals surface area contributed by atoms with Crippen LogP contribution < -0.4 is 5.73 Å². The van der Waals surface area contributed by atoms with Gasteiger partial charge in [-0.15, -0.1) is 0 Å². The SMILES string of the molecule is C/C=C(/CC)N(CC)/N=C\N. The lowest BCUT2D eigenvalue weighted by molar-refractivity contribution is 0.374. The lowest BCUT2D eigenvalue weighted by Gasteiger charge is -2.18. The Morgan fingerprint density at radius 3 is 2.45 bits per heavy atom. The molecule has 0 unspecified atom stereocenters. The van der Waals surface area contributed by atoms with Crippen LogP contribution in [-0.2, 0) is 0 Å². The molecule has 0 rings (SSSR count). The Morgan fingerprint density at radius 2 is 2.18 bits per heavy atom. The van der Waals surface area contributed by atoms with E-state index in [-0.39, 0.29) is 0 Å². The van der Waals surface area contributed by atoms with Crippen molar-refractivity contribution in [3.63, 3.8) is 0 Å². The molecule has 0 spiro atoms. The third kappa shape index (κ3) is 3.07. The fourth-order valence-corrected chi connectivity index (χ4v) is 0.975. The summed E-state index contributed by atoms with van der Waals surface area (Å²) in [6, 6.07) is 0. The molecular weight excluding hydrogens is 138 g/mol. The largest absolute Gasteiger partial charge is 0.388 e. The third-order valence-corrected chi connectivity index (χ3v) is 1.53. The van der Waals surface area contributed by atoms with Crippen LogP contribution in [0, 0.1) is 0 Å². The predicted molar refractivity (Wildman–Crippen MR) is 49.1 cm³/mol. The summed E-state index contributed by atoms with van der Waals surface area (Å²) < 4.78 is 0. The molecular formula is C8H17N3. The van der Waals surface area contributed by atoms with Gasteiger partial charge in [-0.2, -0.15) is 5.10 Å². The maximum Gasteiger partial charge on any atom is 0.106 e. The zero-order chi connectivity index (χ0) is 8.69. The minimum atomic E-state index is 0.862. The molecule has 0 amide bonds. The van der Waals surface area contributed by atoms with E-state index >= 15 is 0 Å². The van der Waals surface area contributed by atoms with Gasteiger partial charge >= 0.3 is 0 Å². The summed E-state index contributed by atoms with van der Waals surface area (Å²) in [7, 11) is 0. The number of hydrazone groups is 1. The summed E-state index contributed by atoms with van der Waals surface area (Å²) in [5.74, 6) is 0. The zero-order valence-electron chi connectivity index (χ0n) is 7.54. The quantitative estimate of drug-likeness (QED) is 0.380. The Bertz CT molecular complexity index is 149. The number of hydrogen-bond donors (Lipinski definition) is 1. The molecule has 0 saturated carbocycles. The van der Waals surface area contributed by atoms with Crippen LogP contribution in [0.3, 0.4) is 0 Å². The van der Waals surface area contributed by atoms with Crippen molar-refractivity contribution in [3.05, 3.63) is 11.8 Å². The van der Waals surface area contributed by atoms with Crippen molar-refractivity contribution in [1.82, 2.24) is 5.01 Å². The summed E-state index contributed by atoms with van der Waals surface area (Å²) in [5.41, 5.74) is 6.39. The van der Waals surface area contributed by atoms with Crippen LogP contribution in [0.4, 0.5) is 0 Å². The monoisotopic (exact) mass is 155 g/mol. The van der Waals surface area contributed by atoms with Crippen LogP contribution in [0.15, 0.2) is 16.9 Å². The van der Waals surface area contributed by atoms with Crippen molar-refractivity contribution in [2.24, 2.45) is 10.8 Å². The number of rotatable bonds is 4. The molecule has 0 fully saturated rings.